The van der Waals surface area contributed by atoms with Crippen LogP contribution in [0, 0.1) is 0 Å². The lowest BCUT2D eigenvalue weighted by Crippen LogP contribution is -2.16. The van der Waals surface area contributed by atoms with Gasteiger partial charge >= 0.3 is 0 Å². The molecular formula is C13H21NO3. The molecule has 0 aliphatic heterocycles. The minimum absolute atomic E-state index is 0.602. The number of hydrogen-bond donors (Lipinski definition) is 1. The molecule has 17 heavy (non-hydrogen) atoms. The van der Waals surface area contributed by atoms with Crippen molar-refractivity contribution in [3.05, 3.63) is 23.7 Å². The number of hydrogen-bond acceptors (Lipinski definition) is 4. The van der Waals surface area contributed by atoms with E-state index < -0.39 is 0 Å². The van der Waals surface area contributed by atoms with Crippen LogP contribution < -0.4 is 5.32 Å². The third kappa shape index (κ3) is 4.50. The second-order valence-electron chi connectivity index (χ2n) is 4.27. The van der Waals surface area contributed by atoms with E-state index in [0.717, 1.165) is 24.5 Å². The minimum Gasteiger partial charge on any atom is -0.468 e. The summed E-state index contributed by atoms with van der Waals surface area (Å²) in [5.74, 6) is 0.994. The minimum atomic E-state index is 0.602. The highest BCUT2D eigenvalue weighted by atomic mass is 16.5. The highest BCUT2D eigenvalue weighted by Crippen LogP contribution is 2.20. The molecule has 0 spiro atoms. The normalized spacial score (nSPS) is 15.4. The first kappa shape index (κ1) is 12.6. The summed E-state index contributed by atoms with van der Waals surface area (Å²) in [6.45, 7) is 5.43. The molecule has 1 fully saturated rings. The van der Waals surface area contributed by atoms with Crippen molar-refractivity contribution in [2.75, 3.05) is 19.8 Å². The van der Waals surface area contributed by atoms with Gasteiger partial charge in [-0.1, -0.05) is 0 Å². The molecule has 1 heterocycles. The van der Waals surface area contributed by atoms with Crippen LogP contribution in [0.5, 0.6) is 0 Å². The maximum atomic E-state index is 5.53. The molecule has 1 aromatic rings. The topological polar surface area (TPSA) is 43.6 Å². The van der Waals surface area contributed by atoms with E-state index in [0.29, 0.717) is 25.9 Å². The second kappa shape index (κ2) is 6.79. The van der Waals surface area contributed by atoms with Gasteiger partial charge in [0.15, 0.2) is 0 Å². The molecule has 96 valence electrons. The van der Waals surface area contributed by atoms with E-state index in [1.54, 1.807) is 6.26 Å². The van der Waals surface area contributed by atoms with Crippen LogP contribution in [0.25, 0.3) is 0 Å². The second-order valence-corrected chi connectivity index (χ2v) is 4.27. The summed E-state index contributed by atoms with van der Waals surface area (Å²) in [5.41, 5.74) is 1.13. The first-order chi connectivity index (χ1) is 8.40. The summed E-state index contributed by atoms with van der Waals surface area (Å²) in [5, 5.41) is 3.44. The predicted octanol–water partition coefficient (Wildman–Crippen LogP) is 2.08. The number of furan rings is 1. The lowest BCUT2D eigenvalue weighted by atomic mass is 10.2. The van der Waals surface area contributed by atoms with Crippen molar-refractivity contribution < 1.29 is 13.9 Å². The van der Waals surface area contributed by atoms with Gasteiger partial charge < -0.3 is 19.2 Å². The Morgan fingerprint density at radius 1 is 1.35 bits per heavy atom. The lowest BCUT2D eigenvalue weighted by Gasteiger charge is -2.05. The number of nitrogens with one attached hydrogen (secondary N) is 1. The monoisotopic (exact) mass is 239 g/mol. The molecule has 0 amide bonds. The lowest BCUT2D eigenvalue weighted by molar-refractivity contribution is 0.0447. The zero-order valence-corrected chi connectivity index (χ0v) is 10.4. The van der Waals surface area contributed by atoms with Crippen molar-refractivity contribution in [1.29, 1.82) is 0 Å². The van der Waals surface area contributed by atoms with Crippen LogP contribution in [0.1, 0.15) is 31.1 Å². The van der Waals surface area contributed by atoms with Gasteiger partial charge in [-0.25, -0.2) is 0 Å². The van der Waals surface area contributed by atoms with Gasteiger partial charge in [-0.3, -0.25) is 0 Å². The SMILES string of the molecule is CCOCCOCc1ccoc1CNC1CC1. The Kier molecular flexibility index (Phi) is 5.04. The van der Waals surface area contributed by atoms with E-state index in [2.05, 4.69) is 5.32 Å². The van der Waals surface area contributed by atoms with Crippen LogP contribution in [0.3, 0.4) is 0 Å². The van der Waals surface area contributed by atoms with E-state index in [1.807, 2.05) is 13.0 Å². The standard InChI is InChI=1S/C13H21NO3/c1-2-15-7-8-16-10-11-5-6-17-13(11)9-14-12-3-4-12/h5-6,12,14H,2-4,7-10H2,1H3. The molecule has 0 aromatic carbocycles. The predicted molar refractivity (Wildman–Crippen MR) is 64.7 cm³/mol. The molecular weight excluding hydrogens is 218 g/mol. The molecule has 4 nitrogen and oxygen atoms in total. The molecule has 1 N–H and O–H groups in total. The van der Waals surface area contributed by atoms with Crippen LogP contribution in [0.4, 0.5) is 0 Å². The highest BCUT2D eigenvalue weighted by Gasteiger charge is 2.21. The Morgan fingerprint density at radius 2 is 2.18 bits per heavy atom. The van der Waals surface area contributed by atoms with Gasteiger partial charge in [0.2, 0.25) is 0 Å². The van der Waals surface area contributed by atoms with Crippen molar-refractivity contribution in [1.82, 2.24) is 5.32 Å². The molecule has 0 atom stereocenters. The van der Waals surface area contributed by atoms with Crippen LogP contribution in [-0.4, -0.2) is 25.9 Å². The van der Waals surface area contributed by atoms with Crippen molar-refractivity contribution >= 4 is 0 Å². The van der Waals surface area contributed by atoms with Gasteiger partial charge in [0.25, 0.3) is 0 Å². The fraction of sp³-hybridized carbons (Fsp3) is 0.692. The van der Waals surface area contributed by atoms with Gasteiger partial charge in [-0.05, 0) is 25.8 Å². The zero-order chi connectivity index (χ0) is 11.9. The Hall–Kier alpha value is -0.840. The third-order valence-corrected chi connectivity index (χ3v) is 2.80. The van der Waals surface area contributed by atoms with E-state index in [-0.39, 0.29) is 0 Å². The van der Waals surface area contributed by atoms with Crippen molar-refractivity contribution in [2.45, 2.75) is 39.0 Å². The van der Waals surface area contributed by atoms with E-state index in [9.17, 15) is 0 Å². The van der Waals surface area contributed by atoms with Crippen molar-refractivity contribution in [2.24, 2.45) is 0 Å². The fourth-order valence-corrected chi connectivity index (χ4v) is 1.62. The maximum Gasteiger partial charge on any atom is 0.123 e. The molecule has 0 radical (unpaired) electrons. The molecule has 1 saturated carbocycles. The summed E-state index contributed by atoms with van der Waals surface area (Å²) < 4.78 is 16.2. The Labute approximate surface area is 102 Å². The molecule has 4 heteroatoms. The molecule has 2 rings (SSSR count). The first-order valence-electron chi connectivity index (χ1n) is 6.34. The Balaban J connectivity index is 1.66. The summed E-state index contributed by atoms with van der Waals surface area (Å²) in [6.07, 6.45) is 4.31. The zero-order valence-electron chi connectivity index (χ0n) is 10.4. The molecule has 1 aliphatic carbocycles. The molecule has 1 aliphatic rings. The van der Waals surface area contributed by atoms with Crippen LogP contribution in [0.15, 0.2) is 16.7 Å². The van der Waals surface area contributed by atoms with Gasteiger partial charge in [0, 0.05) is 18.2 Å². The third-order valence-electron chi connectivity index (χ3n) is 2.80. The van der Waals surface area contributed by atoms with E-state index >= 15 is 0 Å². The summed E-state index contributed by atoms with van der Waals surface area (Å²) in [4.78, 5) is 0. The maximum absolute atomic E-state index is 5.53. The van der Waals surface area contributed by atoms with Gasteiger partial charge in [0.1, 0.15) is 5.76 Å². The van der Waals surface area contributed by atoms with Crippen LogP contribution >= 0.6 is 0 Å². The Morgan fingerprint density at radius 3 is 2.94 bits per heavy atom. The molecule has 0 unspecified atom stereocenters. The first-order valence-corrected chi connectivity index (χ1v) is 6.34. The fourth-order valence-electron chi connectivity index (χ4n) is 1.62. The van der Waals surface area contributed by atoms with E-state index in [4.69, 9.17) is 13.9 Å². The van der Waals surface area contributed by atoms with Crippen molar-refractivity contribution in [3.63, 3.8) is 0 Å². The highest BCUT2D eigenvalue weighted by molar-refractivity contribution is 5.16. The summed E-state index contributed by atoms with van der Waals surface area (Å²) >= 11 is 0. The molecule has 1 aromatic heterocycles. The summed E-state index contributed by atoms with van der Waals surface area (Å²) in [6, 6.07) is 2.68. The van der Waals surface area contributed by atoms with Crippen LogP contribution in [0.2, 0.25) is 0 Å². The van der Waals surface area contributed by atoms with E-state index in [1.165, 1.54) is 12.8 Å². The quantitative estimate of drug-likeness (QED) is 0.670. The molecule has 0 saturated heterocycles. The number of rotatable bonds is 9. The smallest absolute Gasteiger partial charge is 0.123 e. The number of ether oxygens (including phenoxy) is 2. The Bertz CT molecular complexity index is 320. The summed E-state index contributed by atoms with van der Waals surface area (Å²) in [7, 11) is 0. The molecule has 0 bridgehead atoms. The van der Waals surface area contributed by atoms with Gasteiger partial charge in [0.05, 0.1) is 32.6 Å². The van der Waals surface area contributed by atoms with Gasteiger partial charge in [-0.15, -0.1) is 0 Å². The average Bonchev–Trinajstić information content (AvgIpc) is 3.06. The largest absolute Gasteiger partial charge is 0.468 e. The van der Waals surface area contributed by atoms with Gasteiger partial charge in [-0.2, -0.15) is 0 Å². The van der Waals surface area contributed by atoms with Crippen molar-refractivity contribution in [3.8, 4) is 0 Å². The average molecular weight is 239 g/mol. The van der Waals surface area contributed by atoms with Crippen LogP contribution in [-0.2, 0) is 22.6 Å².